The molecule has 0 unspecified atom stereocenters. The number of aliphatic hydroxyl groups excluding tert-OH is 1. The lowest BCUT2D eigenvalue weighted by molar-refractivity contribution is -0.0174. The zero-order valence-corrected chi connectivity index (χ0v) is 10.3. The van der Waals surface area contributed by atoms with E-state index in [0.717, 1.165) is 12.8 Å². The molecule has 0 saturated heterocycles. The fraction of sp³-hybridized carbons (Fsp3) is 0.462. The number of amides is 1. The van der Waals surface area contributed by atoms with E-state index in [4.69, 9.17) is 9.57 Å². The Morgan fingerprint density at radius 1 is 1.33 bits per heavy atom. The number of methoxy groups -OCH3 is 1. The van der Waals surface area contributed by atoms with Crippen molar-refractivity contribution in [3.63, 3.8) is 0 Å². The van der Waals surface area contributed by atoms with Crippen molar-refractivity contribution in [2.24, 2.45) is 0 Å². The minimum Gasteiger partial charge on any atom is -0.497 e. The molecule has 2 atom stereocenters. The summed E-state index contributed by atoms with van der Waals surface area (Å²) >= 11 is 0. The lowest BCUT2D eigenvalue weighted by Crippen LogP contribution is -2.28. The molecule has 1 saturated carbocycles. The first-order valence-electron chi connectivity index (χ1n) is 5.97. The number of benzene rings is 1. The van der Waals surface area contributed by atoms with Gasteiger partial charge in [0.15, 0.2) is 0 Å². The second-order valence-electron chi connectivity index (χ2n) is 4.37. The molecule has 0 radical (unpaired) electrons. The van der Waals surface area contributed by atoms with Crippen LogP contribution in [-0.4, -0.2) is 30.3 Å². The first-order valence-corrected chi connectivity index (χ1v) is 5.97. The molecule has 1 aromatic rings. The molecule has 18 heavy (non-hydrogen) atoms. The van der Waals surface area contributed by atoms with Gasteiger partial charge >= 0.3 is 0 Å². The van der Waals surface area contributed by atoms with Gasteiger partial charge in [0.1, 0.15) is 5.75 Å². The van der Waals surface area contributed by atoms with Gasteiger partial charge < -0.3 is 9.84 Å². The van der Waals surface area contributed by atoms with Crippen molar-refractivity contribution in [2.45, 2.75) is 31.5 Å². The lowest BCUT2D eigenvalue weighted by Gasteiger charge is -2.11. The molecule has 1 aromatic carbocycles. The van der Waals surface area contributed by atoms with E-state index in [-0.39, 0.29) is 18.1 Å². The Kier molecular flexibility index (Phi) is 4.17. The van der Waals surface area contributed by atoms with Crippen LogP contribution in [0.3, 0.4) is 0 Å². The molecule has 1 amide bonds. The van der Waals surface area contributed by atoms with Crippen molar-refractivity contribution < 1.29 is 19.5 Å². The van der Waals surface area contributed by atoms with E-state index in [2.05, 4.69) is 5.48 Å². The monoisotopic (exact) mass is 251 g/mol. The van der Waals surface area contributed by atoms with Gasteiger partial charge in [0.05, 0.1) is 19.3 Å². The van der Waals surface area contributed by atoms with E-state index >= 15 is 0 Å². The Bertz CT molecular complexity index is 404. The van der Waals surface area contributed by atoms with Crippen molar-refractivity contribution in [3.8, 4) is 5.75 Å². The highest BCUT2D eigenvalue weighted by Gasteiger charge is 2.24. The first kappa shape index (κ1) is 12.9. The Hall–Kier alpha value is -1.59. The van der Waals surface area contributed by atoms with Gasteiger partial charge in [0.2, 0.25) is 0 Å². The van der Waals surface area contributed by atoms with Crippen LogP contribution in [0, 0.1) is 0 Å². The van der Waals surface area contributed by atoms with Gasteiger partial charge in [-0.25, -0.2) is 5.48 Å². The standard InChI is InChI=1S/C13H17NO4/c1-17-11-5-2-9(3-6-11)13(16)14-18-12-7-4-10(15)8-12/h2-3,5-6,10,12,15H,4,7-8H2,1H3,(H,14,16)/t10-,12-/m1/s1. The number of ether oxygens (including phenoxy) is 1. The normalized spacial score (nSPS) is 22.8. The van der Waals surface area contributed by atoms with Crippen LogP contribution in [0.1, 0.15) is 29.6 Å². The number of aliphatic hydroxyl groups is 1. The Balaban J connectivity index is 1.83. The zero-order chi connectivity index (χ0) is 13.0. The van der Waals surface area contributed by atoms with Crippen LogP contribution in [-0.2, 0) is 4.84 Å². The van der Waals surface area contributed by atoms with Gasteiger partial charge in [-0.15, -0.1) is 0 Å². The van der Waals surface area contributed by atoms with Gasteiger partial charge in [-0.05, 0) is 37.1 Å². The maximum absolute atomic E-state index is 11.7. The predicted molar refractivity (Wildman–Crippen MR) is 65.2 cm³/mol. The fourth-order valence-corrected chi connectivity index (χ4v) is 1.96. The molecule has 1 aliphatic carbocycles. The van der Waals surface area contributed by atoms with E-state index in [0.29, 0.717) is 17.7 Å². The van der Waals surface area contributed by atoms with Crippen LogP contribution in [0.2, 0.25) is 0 Å². The number of hydrogen-bond acceptors (Lipinski definition) is 4. The highest BCUT2D eigenvalue weighted by Crippen LogP contribution is 2.21. The molecule has 0 heterocycles. The van der Waals surface area contributed by atoms with Crippen molar-refractivity contribution in [1.29, 1.82) is 0 Å². The van der Waals surface area contributed by atoms with Gasteiger partial charge in [0.25, 0.3) is 5.91 Å². The minimum atomic E-state index is -0.312. The second-order valence-corrected chi connectivity index (χ2v) is 4.37. The maximum atomic E-state index is 11.7. The summed E-state index contributed by atoms with van der Waals surface area (Å²) in [5, 5.41) is 9.33. The van der Waals surface area contributed by atoms with Crippen LogP contribution in [0.15, 0.2) is 24.3 Å². The molecule has 0 bridgehead atoms. The summed E-state index contributed by atoms with van der Waals surface area (Å²) in [6, 6.07) is 6.77. The third-order valence-corrected chi connectivity index (χ3v) is 3.03. The van der Waals surface area contributed by atoms with Crippen molar-refractivity contribution in [1.82, 2.24) is 5.48 Å². The van der Waals surface area contributed by atoms with Crippen molar-refractivity contribution >= 4 is 5.91 Å². The zero-order valence-electron chi connectivity index (χ0n) is 10.3. The first-order chi connectivity index (χ1) is 8.69. The molecular weight excluding hydrogens is 234 g/mol. The predicted octanol–water partition coefficient (Wildman–Crippen LogP) is 1.27. The number of nitrogens with one attached hydrogen (secondary N) is 1. The highest BCUT2D eigenvalue weighted by molar-refractivity contribution is 5.93. The van der Waals surface area contributed by atoms with Crippen LogP contribution in [0.5, 0.6) is 5.75 Å². The number of carbonyl (C=O) groups is 1. The molecule has 2 N–H and O–H groups in total. The molecule has 0 aromatic heterocycles. The summed E-state index contributed by atoms with van der Waals surface area (Å²) in [4.78, 5) is 17.0. The largest absolute Gasteiger partial charge is 0.497 e. The minimum absolute atomic E-state index is 0.0952. The molecule has 5 nitrogen and oxygen atoms in total. The van der Waals surface area contributed by atoms with Crippen LogP contribution >= 0.6 is 0 Å². The average Bonchev–Trinajstić information content (AvgIpc) is 2.82. The Labute approximate surface area is 106 Å². The third kappa shape index (κ3) is 3.21. The smallest absolute Gasteiger partial charge is 0.274 e. The van der Waals surface area contributed by atoms with Crippen molar-refractivity contribution in [2.75, 3.05) is 7.11 Å². The topological polar surface area (TPSA) is 67.8 Å². The van der Waals surface area contributed by atoms with Gasteiger partial charge in [-0.1, -0.05) is 0 Å². The molecular formula is C13H17NO4. The third-order valence-electron chi connectivity index (χ3n) is 3.03. The van der Waals surface area contributed by atoms with Crippen molar-refractivity contribution in [3.05, 3.63) is 29.8 Å². The summed E-state index contributed by atoms with van der Waals surface area (Å²) in [5.41, 5.74) is 2.92. The van der Waals surface area contributed by atoms with Gasteiger partial charge in [-0.2, -0.15) is 0 Å². The summed E-state index contributed by atoms with van der Waals surface area (Å²) in [7, 11) is 1.57. The second kappa shape index (κ2) is 5.84. The summed E-state index contributed by atoms with van der Waals surface area (Å²) in [6.07, 6.45) is 1.66. The lowest BCUT2D eigenvalue weighted by atomic mass is 10.2. The molecule has 0 spiro atoms. The quantitative estimate of drug-likeness (QED) is 0.791. The molecule has 0 aliphatic heterocycles. The highest BCUT2D eigenvalue weighted by atomic mass is 16.7. The van der Waals surface area contributed by atoms with E-state index < -0.39 is 0 Å². The number of carbonyl (C=O) groups excluding carboxylic acids is 1. The summed E-state index contributed by atoms with van der Waals surface area (Å²) in [5.74, 6) is 0.408. The molecule has 5 heteroatoms. The SMILES string of the molecule is COc1ccc(C(=O)NO[C@@H]2CC[C@@H](O)C2)cc1. The molecule has 2 rings (SSSR count). The summed E-state index contributed by atoms with van der Waals surface area (Å²) in [6.45, 7) is 0. The van der Waals surface area contributed by atoms with Crippen LogP contribution in [0.25, 0.3) is 0 Å². The molecule has 1 fully saturated rings. The number of rotatable bonds is 4. The average molecular weight is 251 g/mol. The summed E-state index contributed by atoms with van der Waals surface area (Å²) < 4.78 is 5.01. The number of hydroxylamine groups is 1. The van der Waals surface area contributed by atoms with E-state index in [1.54, 1.807) is 31.4 Å². The van der Waals surface area contributed by atoms with Gasteiger partial charge in [0, 0.05) is 12.0 Å². The Morgan fingerprint density at radius 3 is 2.61 bits per heavy atom. The Morgan fingerprint density at radius 2 is 2.06 bits per heavy atom. The molecule has 1 aliphatic rings. The van der Waals surface area contributed by atoms with Gasteiger partial charge in [-0.3, -0.25) is 9.63 Å². The van der Waals surface area contributed by atoms with Crippen LogP contribution in [0.4, 0.5) is 0 Å². The molecule has 98 valence electrons. The number of hydrogen-bond donors (Lipinski definition) is 2. The van der Waals surface area contributed by atoms with Crippen LogP contribution < -0.4 is 10.2 Å². The van der Waals surface area contributed by atoms with E-state index in [1.807, 2.05) is 0 Å². The fourth-order valence-electron chi connectivity index (χ4n) is 1.96. The maximum Gasteiger partial charge on any atom is 0.274 e. The van der Waals surface area contributed by atoms with E-state index in [9.17, 15) is 9.90 Å². The van der Waals surface area contributed by atoms with E-state index in [1.165, 1.54) is 0 Å².